The molecule has 0 unspecified atom stereocenters. The number of hydrogen-bond donors (Lipinski definition) is 1. The summed E-state index contributed by atoms with van der Waals surface area (Å²) < 4.78 is 26.8. The number of alkyl halides is 2. The minimum absolute atomic E-state index is 0.0341. The molecule has 1 fully saturated rings. The molecule has 0 bridgehead atoms. The second-order valence-corrected chi connectivity index (χ2v) is 6.19. The van der Waals surface area contributed by atoms with E-state index in [0.717, 1.165) is 5.69 Å². The lowest BCUT2D eigenvalue weighted by atomic mass is 10.1. The summed E-state index contributed by atoms with van der Waals surface area (Å²) in [5, 5.41) is 2.69. The number of anilines is 2. The molecule has 6 nitrogen and oxygen atoms in total. The molecular formula is C16H16ClF2N5O. The number of hydrogen-bond acceptors (Lipinski definition) is 5. The maximum atomic E-state index is 13.4. The fourth-order valence-electron chi connectivity index (χ4n) is 2.63. The second kappa shape index (κ2) is 6.87. The highest BCUT2D eigenvalue weighted by atomic mass is 35.5. The van der Waals surface area contributed by atoms with Crippen LogP contribution in [-0.4, -0.2) is 39.9 Å². The Morgan fingerprint density at radius 1 is 1.32 bits per heavy atom. The summed E-state index contributed by atoms with van der Waals surface area (Å²) in [7, 11) is 0. The average molecular weight is 368 g/mol. The van der Waals surface area contributed by atoms with E-state index in [4.69, 9.17) is 11.6 Å². The van der Waals surface area contributed by atoms with Crippen molar-refractivity contribution in [3.05, 3.63) is 41.2 Å². The van der Waals surface area contributed by atoms with Gasteiger partial charge in [-0.1, -0.05) is 0 Å². The van der Waals surface area contributed by atoms with Crippen LogP contribution in [0.1, 0.15) is 29.0 Å². The number of rotatable bonds is 3. The van der Waals surface area contributed by atoms with Crippen LogP contribution in [0.3, 0.4) is 0 Å². The van der Waals surface area contributed by atoms with Gasteiger partial charge in [0.15, 0.2) is 0 Å². The molecule has 1 aliphatic rings. The van der Waals surface area contributed by atoms with Crippen LogP contribution in [0.15, 0.2) is 24.5 Å². The van der Waals surface area contributed by atoms with Crippen molar-refractivity contribution in [2.24, 2.45) is 0 Å². The van der Waals surface area contributed by atoms with Gasteiger partial charge in [-0.2, -0.15) is 0 Å². The number of amides is 1. The minimum atomic E-state index is -2.64. The molecule has 0 saturated carbocycles. The van der Waals surface area contributed by atoms with Crippen molar-refractivity contribution < 1.29 is 13.6 Å². The molecule has 1 saturated heterocycles. The normalized spacial score (nSPS) is 16.6. The van der Waals surface area contributed by atoms with Crippen molar-refractivity contribution in [2.75, 3.05) is 23.3 Å². The van der Waals surface area contributed by atoms with Crippen molar-refractivity contribution in [1.29, 1.82) is 0 Å². The van der Waals surface area contributed by atoms with E-state index in [0.29, 0.717) is 11.4 Å². The maximum absolute atomic E-state index is 13.4. The average Bonchev–Trinajstić information content (AvgIpc) is 2.56. The van der Waals surface area contributed by atoms with E-state index in [1.807, 2.05) is 4.90 Å². The van der Waals surface area contributed by atoms with E-state index in [9.17, 15) is 13.6 Å². The van der Waals surface area contributed by atoms with E-state index in [2.05, 4.69) is 20.3 Å². The van der Waals surface area contributed by atoms with Crippen LogP contribution < -0.4 is 10.2 Å². The van der Waals surface area contributed by atoms with Gasteiger partial charge in [0.2, 0.25) is 5.28 Å². The van der Waals surface area contributed by atoms with Gasteiger partial charge in [-0.3, -0.25) is 9.78 Å². The predicted molar refractivity (Wildman–Crippen MR) is 90.4 cm³/mol. The third-order valence-corrected chi connectivity index (χ3v) is 4.14. The highest BCUT2D eigenvalue weighted by Crippen LogP contribution is 2.34. The third kappa shape index (κ3) is 4.19. The number of nitrogens with zero attached hydrogens (tertiary/aromatic N) is 4. The molecule has 3 rings (SSSR count). The Bertz CT molecular complexity index is 792. The molecule has 1 aliphatic heterocycles. The number of halogens is 3. The van der Waals surface area contributed by atoms with Crippen molar-refractivity contribution in [2.45, 2.75) is 25.7 Å². The van der Waals surface area contributed by atoms with Gasteiger partial charge in [0.1, 0.15) is 5.69 Å². The number of carbonyl (C=O) groups excluding carboxylic acids is 1. The first kappa shape index (κ1) is 17.5. The first-order valence-corrected chi connectivity index (χ1v) is 8.11. The van der Waals surface area contributed by atoms with Crippen LogP contribution in [0.5, 0.6) is 0 Å². The third-order valence-electron chi connectivity index (χ3n) is 3.96. The van der Waals surface area contributed by atoms with Crippen molar-refractivity contribution >= 4 is 28.9 Å². The van der Waals surface area contributed by atoms with E-state index in [-0.39, 0.29) is 36.9 Å². The molecule has 2 aromatic heterocycles. The Balaban J connectivity index is 1.83. The zero-order valence-electron chi connectivity index (χ0n) is 13.5. The fraction of sp³-hybridized carbons (Fsp3) is 0.375. The molecule has 0 aromatic carbocycles. The van der Waals surface area contributed by atoms with Crippen LogP contribution in [0.2, 0.25) is 5.28 Å². The van der Waals surface area contributed by atoms with Crippen molar-refractivity contribution in [3.63, 3.8) is 0 Å². The Hall–Kier alpha value is -2.35. The number of carbonyl (C=O) groups is 1. The summed E-state index contributed by atoms with van der Waals surface area (Å²) in [6.07, 6.45) is 2.45. The summed E-state index contributed by atoms with van der Waals surface area (Å²) in [5.41, 5.74) is 1.94. The Labute approximate surface area is 148 Å². The molecule has 3 heterocycles. The van der Waals surface area contributed by atoms with Gasteiger partial charge >= 0.3 is 0 Å². The number of aromatic nitrogens is 3. The Morgan fingerprint density at radius 3 is 2.72 bits per heavy atom. The lowest BCUT2D eigenvalue weighted by molar-refractivity contribution is -0.0220. The summed E-state index contributed by atoms with van der Waals surface area (Å²) in [4.78, 5) is 26.0. The molecule has 0 atom stereocenters. The first-order chi connectivity index (χ1) is 11.8. The van der Waals surface area contributed by atoms with Gasteiger partial charge in [0, 0.05) is 37.8 Å². The van der Waals surface area contributed by atoms with Crippen LogP contribution in [-0.2, 0) is 0 Å². The second-order valence-electron chi connectivity index (χ2n) is 5.85. The quantitative estimate of drug-likeness (QED) is 0.843. The SMILES string of the molecule is Cc1cc(N2CCC(F)(F)CC2)c(NC(=O)c2ccnc(Cl)n2)cn1. The van der Waals surface area contributed by atoms with Gasteiger partial charge in [0.25, 0.3) is 11.8 Å². The van der Waals surface area contributed by atoms with E-state index in [1.165, 1.54) is 18.5 Å². The van der Waals surface area contributed by atoms with Crippen molar-refractivity contribution in [3.8, 4) is 0 Å². The highest BCUT2D eigenvalue weighted by Gasteiger charge is 2.34. The maximum Gasteiger partial charge on any atom is 0.274 e. The lowest BCUT2D eigenvalue weighted by Crippen LogP contribution is -2.39. The Kier molecular flexibility index (Phi) is 4.80. The van der Waals surface area contributed by atoms with Gasteiger partial charge in [-0.25, -0.2) is 18.7 Å². The zero-order chi connectivity index (χ0) is 18.0. The standard InChI is InChI=1S/C16H16ClF2N5O/c1-10-8-13(24-6-3-16(18,19)4-7-24)12(9-21-10)22-14(25)11-2-5-20-15(17)23-11/h2,5,8-9H,3-4,6-7H2,1H3,(H,22,25). The topological polar surface area (TPSA) is 71.0 Å². The summed E-state index contributed by atoms with van der Waals surface area (Å²) in [5.74, 6) is -3.11. The number of piperidine rings is 1. The summed E-state index contributed by atoms with van der Waals surface area (Å²) in [6.45, 7) is 2.22. The molecule has 2 aromatic rings. The largest absolute Gasteiger partial charge is 0.369 e. The fourth-order valence-corrected chi connectivity index (χ4v) is 2.77. The van der Waals surface area contributed by atoms with Crippen LogP contribution in [0.25, 0.3) is 0 Å². The van der Waals surface area contributed by atoms with Gasteiger partial charge in [-0.05, 0) is 30.7 Å². The van der Waals surface area contributed by atoms with E-state index in [1.54, 1.807) is 13.0 Å². The van der Waals surface area contributed by atoms with Crippen molar-refractivity contribution in [1.82, 2.24) is 15.0 Å². The predicted octanol–water partition coefficient (Wildman–Crippen LogP) is 3.32. The van der Waals surface area contributed by atoms with Gasteiger partial charge in [0.05, 0.1) is 17.6 Å². The highest BCUT2D eigenvalue weighted by molar-refractivity contribution is 6.28. The first-order valence-electron chi connectivity index (χ1n) is 7.73. The minimum Gasteiger partial charge on any atom is -0.369 e. The van der Waals surface area contributed by atoms with E-state index >= 15 is 0 Å². The summed E-state index contributed by atoms with van der Waals surface area (Å²) >= 11 is 5.70. The molecule has 9 heteroatoms. The van der Waals surface area contributed by atoms with E-state index < -0.39 is 11.8 Å². The van der Waals surface area contributed by atoms with Gasteiger partial charge < -0.3 is 10.2 Å². The molecule has 1 N–H and O–H groups in total. The lowest BCUT2D eigenvalue weighted by Gasteiger charge is -2.34. The van der Waals surface area contributed by atoms with Crippen LogP contribution in [0.4, 0.5) is 20.2 Å². The van der Waals surface area contributed by atoms with Crippen LogP contribution >= 0.6 is 11.6 Å². The number of pyridine rings is 1. The monoisotopic (exact) mass is 367 g/mol. The molecule has 0 radical (unpaired) electrons. The molecule has 0 aliphatic carbocycles. The van der Waals surface area contributed by atoms with Crippen LogP contribution in [0, 0.1) is 6.92 Å². The number of nitrogens with one attached hydrogen (secondary N) is 1. The van der Waals surface area contributed by atoms with Gasteiger partial charge in [-0.15, -0.1) is 0 Å². The molecular weight excluding hydrogens is 352 g/mol. The molecule has 132 valence electrons. The smallest absolute Gasteiger partial charge is 0.274 e. The Morgan fingerprint density at radius 2 is 2.04 bits per heavy atom. The number of aryl methyl sites for hydroxylation is 1. The summed E-state index contributed by atoms with van der Waals surface area (Å²) in [6, 6.07) is 3.20. The molecule has 25 heavy (non-hydrogen) atoms. The molecule has 0 spiro atoms. The molecule has 1 amide bonds. The zero-order valence-corrected chi connectivity index (χ0v) is 14.2.